The van der Waals surface area contributed by atoms with Gasteiger partial charge < -0.3 is 15.3 Å². The molecule has 2 N–H and O–H groups in total. The van der Waals surface area contributed by atoms with Crippen LogP contribution in [0.15, 0.2) is 24.3 Å². The van der Waals surface area contributed by atoms with Gasteiger partial charge in [-0.2, -0.15) is 0 Å². The highest BCUT2D eigenvalue weighted by molar-refractivity contribution is 5.95. The Morgan fingerprint density at radius 2 is 1.92 bits per heavy atom. The largest absolute Gasteiger partial charge is 0.496 e. The highest BCUT2D eigenvalue weighted by atomic mass is 16.5. The van der Waals surface area contributed by atoms with E-state index in [2.05, 4.69) is 0 Å². The summed E-state index contributed by atoms with van der Waals surface area (Å²) in [6, 6.07) is 6.84. The third-order valence-electron chi connectivity index (χ3n) is 1.37. The maximum Gasteiger partial charge on any atom is 0.252 e. The van der Waals surface area contributed by atoms with Crippen LogP contribution in [-0.2, 0) is 4.79 Å². The predicted molar refractivity (Wildman–Crippen MR) is 48.6 cm³/mol. The average molecular weight is 181 g/mol. The monoisotopic (exact) mass is 181 g/mol. The van der Waals surface area contributed by atoms with Crippen LogP contribution < -0.4 is 10.5 Å². The molecule has 1 rings (SSSR count). The molecule has 13 heavy (non-hydrogen) atoms. The van der Waals surface area contributed by atoms with Crippen molar-refractivity contribution in [3.63, 3.8) is 0 Å². The lowest BCUT2D eigenvalue weighted by Crippen LogP contribution is -2.11. The second kappa shape index (κ2) is 5.77. The maximum absolute atomic E-state index is 10.7. The van der Waals surface area contributed by atoms with E-state index in [4.69, 9.17) is 15.3 Å². The first-order chi connectivity index (χ1) is 6.25. The van der Waals surface area contributed by atoms with Gasteiger partial charge in [-0.25, -0.2) is 0 Å². The minimum absolute atomic E-state index is 0.412. The van der Waals surface area contributed by atoms with Crippen molar-refractivity contribution in [2.45, 2.75) is 0 Å². The highest BCUT2D eigenvalue weighted by Crippen LogP contribution is 2.15. The summed E-state index contributed by atoms with van der Waals surface area (Å²) >= 11 is 0. The fraction of sp³-hybridized carbons (Fsp3) is 0.111. The Morgan fingerprint density at radius 3 is 2.31 bits per heavy atom. The Kier molecular flexibility index (Phi) is 4.95. The molecule has 0 unspecified atom stereocenters. The van der Waals surface area contributed by atoms with Crippen molar-refractivity contribution in [2.24, 2.45) is 5.73 Å². The number of hydrogen-bond donors (Lipinski definition) is 1. The van der Waals surface area contributed by atoms with Crippen LogP contribution in [0.2, 0.25) is 0 Å². The van der Waals surface area contributed by atoms with Crippen LogP contribution in [0.3, 0.4) is 0 Å². The molecule has 1 aromatic rings. The molecule has 0 atom stereocenters. The van der Waals surface area contributed by atoms with Crippen molar-refractivity contribution < 1.29 is 14.3 Å². The van der Waals surface area contributed by atoms with Crippen LogP contribution >= 0.6 is 0 Å². The number of carbonyl (C=O) groups excluding carboxylic acids is 2. The summed E-state index contributed by atoms with van der Waals surface area (Å²) in [6.07, 6.45) is 0. The number of rotatable bonds is 2. The fourth-order valence-corrected chi connectivity index (χ4v) is 0.848. The summed E-state index contributed by atoms with van der Waals surface area (Å²) < 4.78 is 4.91. The fourth-order valence-electron chi connectivity index (χ4n) is 0.848. The van der Waals surface area contributed by atoms with Crippen LogP contribution in [0.25, 0.3) is 0 Å². The van der Waals surface area contributed by atoms with Gasteiger partial charge >= 0.3 is 0 Å². The molecule has 4 nitrogen and oxygen atoms in total. The molecule has 0 aliphatic rings. The van der Waals surface area contributed by atoms with Gasteiger partial charge in [-0.15, -0.1) is 0 Å². The summed E-state index contributed by atoms with van der Waals surface area (Å²) in [5.74, 6) is 0.0439. The van der Waals surface area contributed by atoms with E-state index >= 15 is 0 Å². The lowest BCUT2D eigenvalue weighted by molar-refractivity contribution is -0.0979. The van der Waals surface area contributed by atoms with Gasteiger partial charge in [-0.1, -0.05) is 12.1 Å². The summed E-state index contributed by atoms with van der Waals surface area (Å²) in [5, 5.41) is 0. The Balaban J connectivity index is 0.000000671. The molecule has 0 spiro atoms. The normalized spacial score (nSPS) is 8.08. The smallest absolute Gasteiger partial charge is 0.252 e. The minimum Gasteiger partial charge on any atom is -0.496 e. The van der Waals surface area contributed by atoms with E-state index in [0.717, 1.165) is 0 Å². The van der Waals surface area contributed by atoms with Crippen molar-refractivity contribution in [1.29, 1.82) is 0 Å². The summed E-state index contributed by atoms with van der Waals surface area (Å²) in [4.78, 5) is 18.7. The summed E-state index contributed by atoms with van der Waals surface area (Å²) in [6.45, 7) is 2.00. The Morgan fingerprint density at radius 1 is 1.38 bits per heavy atom. The molecular formula is C9H11NO3. The second-order valence-electron chi connectivity index (χ2n) is 2.06. The number of methoxy groups -OCH3 is 1. The predicted octanol–water partition coefficient (Wildman–Crippen LogP) is 0.609. The van der Waals surface area contributed by atoms with E-state index < -0.39 is 5.91 Å². The minimum atomic E-state index is -0.470. The molecule has 4 heteroatoms. The number of benzene rings is 1. The van der Waals surface area contributed by atoms with Crippen LogP contribution in [-0.4, -0.2) is 19.8 Å². The quantitative estimate of drug-likeness (QED) is 0.726. The first-order valence-electron chi connectivity index (χ1n) is 3.47. The number of para-hydroxylation sites is 1. The summed E-state index contributed by atoms with van der Waals surface area (Å²) in [5.41, 5.74) is 5.48. The second-order valence-corrected chi connectivity index (χ2v) is 2.06. The zero-order valence-electron chi connectivity index (χ0n) is 7.32. The van der Waals surface area contributed by atoms with Gasteiger partial charge in [-0.05, 0) is 12.1 Å². The molecule has 0 saturated carbocycles. The van der Waals surface area contributed by atoms with E-state index in [-0.39, 0.29) is 0 Å². The number of hydrogen-bond acceptors (Lipinski definition) is 3. The lowest BCUT2D eigenvalue weighted by atomic mass is 10.2. The van der Waals surface area contributed by atoms with Crippen molar-refractivity contribution in [3.05, 3.63) is 29.8 Å². The molecule has 0 aliphatic carbocycles. The van der Waals surface area contributed by atoms with Gasteiger partial charge in [0, 0.05) is 0 Å². The van der Waals surface area contributed by atoms with Gasteiger partial charge in [0.1, 0.15) is 12.5 Å². The average Bonchev–Trinajstić information content (AvgIpc) is 2.20. The van der Waals surface area contributed by atoms with E-state index in [1.54, 1.807) is 24.3 Å². The number of carbonyl (C=O) groups is 2. The van der Waals surface area contributed by atoms with Gasteiger partial charge in [0.05, 0.1) is 12.7 Å². The highest BCUT2D eigenvalue weighted by Gasteiger charge is 2.05. The molecule has 0 saturated heterocycles. The number of nitrogens with two attached hydrogens (primary N) is 1. The standard InChI is InChI=1S/C8H9NO2.CH2O/c1-11-7-5-3-2-4-6(7)8(9)10;1-2/h2-5H,1H3,(H2,9,10);1H2. The van der Waals surface area contributed by atoms with Crippen molar-refractivity contribution in [1.82, 2.24) is 0 Å². The third-order valence-corrected chi connectivity index (χ3v) is 1.37. The van der Waals surface area contributed by atoms with Gasteiger partial charge in [0.2, 0.25) is 0 Å². The lowest BCUT2D eigenvalue weighted by Gasteiger charge is -2.02. The molecular weight excluding hydrogens is 170 g/mol. The van der Waals surface area contributed by atoms with Crippen LogP contribution in [0.1, 0.15) is 10.4 Å². The SMILES string of the molecule is C=O.COc1ccccc1C(N)=O. The third kappa shape index (κ3) is 2.94. The topological polar surface area (TPSA) is 69.4 Å². The van der Waals surface area contributed by atoms with Gasteiger partial charge in [-0.3, -0.25) is 4.79 Å². The Bertz CT molecular complexity index is 286. The number of primary amides is 1. The number of ether oxygens (including phenoxy) is 1. The van der Waals surface area contributed by atoms with Gasteiger partial charge in [0.15, 0.2) is 0 Å². The van der Waals surface area contributed by atoms with Crippen LogP contribution in [0.4, 0.5) is 0 Å². The van der Waals surface area contributed by atoms with E-state index in [1.807, 2.05) is 6.79 Å². The van der Waals surface area contributed by atoms with Crippen molar-refractivity contribution in [3.8, 4) is 5.75 Å². The number of amides is 1. The molecule has 1 amide bonds. The molecule has 0 aliphatic heterocycles. The van der Waals surface area contributed by atoms with Gasteiger partial charge in [0.25, 0.3) is 5.91 Å². The Labute approximate surface area is 76.3 Å². The van der Waals surface area contributed by atoms with Crippen molar-refractivity contribution in [2.75, 3.05) is 7.11 Å². The van der Waals surface area contributed by atoms with Crippen LogP contribution in [0, 0.1) is 0 Å². The molecule has 0 fully saturated rings. The van der Waals surface area contributed by atoms with E-state index in [9.17, 15) is 4.79 Å². The van der Waals surface area contributed by atoms with Crippen LogP contribution in [0.5, 0.6) is 5.75 Å². The van der Waals surface area contributed by atoms with E-state index in [1.165, 1.54) is 7.11 Å². The molecule has 70 valence electrons. The molecule has 0 radical (unpaired) electrons. The molecule has 1 aromatic carbocycles. The molecule has 0 heterocycles. The Hall–Kier alpha value is -1.84. The zero-order valence-corrected chi connectivity index (χ0v) is 7.32. The zero-order chi connectivity index (χ0) is 10.3. The first kappa shape index (κ1) is 11.2. The summed E-state index contributed by atoms with van der Waals surface area (Å²) in [7, 11) is 1.50. The maximum atomic E-state index is 10.7. The van der Waals surface area contributed by atoms with E-state index in [0.29, 0.717) is 11.3 Å². The first-order valence-corrected chi connectivity index (χ1v) is 3.47. The van der Waals surface area contributed by atoms with Crippen molar-refractivity contribution >= 4 is 12.7 Å². The molecule has 0 bridgehead atoms. The molecule has 0 aromatic heterocycles.